The SMILES string of the molecule is CCNC(=NCC(C)C)NCC1CCCN(C(=O)OC(C)(C)C)C1.I. The summed E-state index contributed by atoms with van der Waals surface area (Å²) in [6, 6.07) is 0. The van der Waals surface area contributed by atoms with Crippen molar-refractivity contribution in [2.24, 2.45) is 16.8 Å². The summed E-state index contributed by atoms with van der Waals surface area (Å²) < 4.78 is 5.49. The molecule has 25 heavy (non-hydrogen) atoms. The van der Waals surface area contributed by atoms with Crippen molar-refractivity contribution in [2.75, 3.05) is 32.7 Å². The van der Waals surface area contributed by atoms with Crippen LogP contribution in [0.3, 0.4) is 0 Å². The molecule has 0 aliphatic carbocycles. The Morgan fingerprint density at radius 3 is 2.56 bits per heavy atom. The molecule has 1 atom stereocenters. The van der Waals surface area contributed by atoms with Crippen molar-refractivity contribution in [2.45, 2.75) is 60.0 Å². The Kier molecular flexibility index (Phi) is 11.5. The first-order valence-electron chi connectivity index (χ1n) is 9.21. The van der Waals surface area contributed by atoms with Crippen molar-refractivity contribution >= 4 is 36.0 Å². The van der Waals surface area contributed by atoms with Gasteiger partial charge in [0.15, 0.2) is 5.96 Å². The number of amides is 1. The van der Waals surface area contributed by atoms with Crippen molar-refractivity contribution in [1.29, 1.82) is 0 Å². The van der Waals surface area contributed by atoms with Gasteiger partial charge >= 0.3 is 6.09 Å². The van der Waals surface area contributed by atoms with E-state index < -0.39 is 5.60 Å². The molecule has 1 fully saturated rings. The van der Waals surface area contributed by atoms with Crippen LogP contribution < -0.4 is 10.6 Å². The number of nitrogens with zero attached hydrogens (tertiary/aromatic N) is 2. The zero-order valence-corrected chi connectivity index (χ0v) is 19.1. The van der Waals surface area contributed by atoms with Crippen LogP contribution in [0.4, 0.5) is 4.79 Å². The summed E-state index contributed by atoms with van der Waals surface area (Å²) in [6.45, 7) is 16.1. The van der Waals surface area contributed by atoms with Crippen LogP contribution in [0.15, 0.2) is 4.99 Å². The van der Waals surface area contributed by atoms with Crippen LogP contribution in [-0.4, -0.2) is 55.3 Å². The maximum absolute atomic E-state index is 12.2. The van der Waals surface area contributed by atoms with E-state index in [1.165, 1.54) is 0 Å². The van der Waals surface area contributed by atoms with Gasteiger partial charge in [0.1, 0.15) is 5.60 Å². The second kappa shape index (κ2) is 11.8. The van der Waals surface area contributed by atoms with Gasteiger partial charge in [-0.3, -0.25) is 4.99 Å². The third-order valence-corrected chi connectivity index (χ3v) is 3.69. The van der Waals surface area contributed by atoms with Gasteiger partial charge in [0.2, 0.25) is 0 Å². The average molecular weight is 468 g/mol. The maximum atomic E-state index is 12.2. The molecule has 1 rings (SSSR count). The van der Waals surface area contributed by atoms with Gasteiger partial charge in [-0.1, -0.05) is 13.8 Å². The van der Waals surface area contributed by atoms with E-state index in [2.05, 4.69) is 36.4 Å². The zero-order chi connectivity index (χ0) is 18.2. The van der Waals surface area contributed by atoms with Crippen molar-refractivity contribution < 1.29 is 9.53 Å². The normalized spacial score (nSPS) is 18.6. The van der Waals surface area contributed by atoms with Crippen LogP contribution in [0.1, 0.15) is 54.4 Å². The first-order chi connectivity index (χ1) is 11.2. The topological polar surface area (TPSA) is 66.0 Å². The summed E-state index contributed by atoms with van der Waals surface area (Å²) >= 11 is 0. The fourth-order valence-corrected chi connectivity index (χ4v) is 2.58. The number of nitrogens with one attached hydrogen (secondary N) is 2. The Hall–Kier alpha value is -0.730. The molecule has 1 heterocycles. The first-order valence-corrected chi connectivity index (χ1v) is 9.21. The Balaban J connectivity index is 0.00000576. The lowest BCUT2D eigenvalue weighted by molar-refractivity contribution is 0.0168. The molecular formula is C18H37IN4O2. The molecule has 1 unspecified atom stereocenters. The predicted molar refractivity (Wildman–Crippen MR) is 115 cm³/mol. The van der Waals surface area contributed by atoms with E-state index in [-0.39, 0.29) is 30.1 Å². The summed E-state index contributed by atoms with van der Waals surface area (Å²) in [4.78, 5) is 18.6. The van der Waals surface area contributed by atoms with E-state index in [4.69, 9.17) is 4.74 Å². The summed E-state index contributed by atoms with van der Waals surface area (Å²) in [5, 5.41) is 6.69. The fraction of sp³-hybridized carbons (Fsp3) is 0.889. The second-order valence-electron chi connectivity index (χ2n) is 7.93. The maximum Gasteiger partial charge on any atom is 0.410 e. The number of guanidine groups is 1. The highest BCUT2D eigenvalue weighted by molar-refractivity contribution is 14.0. The van der Waals surface area contributed by atoms with Gasteiger partial charge in [0.05, 0.1) is 0 Å². The molecule has 6 nitrogen and oxygen atoms in total. The third kappa shape index (κ3) is 10.8. The number of rotatable bonds is 5. The van der Waals surface area contributed by atoms with E-state index in [9.17, 15) is 4.79 Å². The van der Waals surface area contributed by atoms with E-state index in [1.54, 1.807) is 0 Å². The molecule has 1 amide bonds. The Labute approximate surface area is 170 Å². The number of likely N-dealkylation sites (tertiary alicyclic amines) is 1. The van der Waals surface area contributed by atoms with E-state index >= 15 is 0 Å². The standard InChI is InChI=1S/C18H36N4O2.HI/c1-7-19-16(20-11-14(2)3)21-12-15-9-8-10-22(13-15)17(23)24-18(4,5)6;/h14-15H,7-13H2,1-6H3,(H2,19,20,21);1H. The highest BCUT2D eigenvalue weighted by Crippen LogP contribution is 2.18. The molecule has 0 spiro atoms. The minimum absolute atomic E-state index is 0. The quantitative estimate of drug-likeness (QED) is 0.369. The number of halogens is 1. The lowest BCUT2D eigenvalue weighted by Crippen LogP contribution is -2.47. The van der Waals surface area contributed by atoms with E-state index in [0.29, 0.717) is 11.8 Å². The Bertz CT molecular complexity index is 422. The van der Waals surface area contributed by atoms with Crippen molar-refractivity contribution in [1.82, 2.24) is 15.5 Å². The smallest absolute Gasteiger partial charge is 0.410 e. The molecule has 0 aromatic carbocycles. The van der Waals surface area contributed by atoms with Gasteiger partial charge in [-0.05, 0) is 52.4 Å². The monoisotopic (exact) mass is 468 g/mol. The largest absolute Gasteiger partial charge is 0.444 e. The lowest BCUT2D eigenvalue weighted by atomic mass is 9.98. The number of hydrogen-bond acceptors (Lipinski definition) is 3. The van der Waals surface area contributed by atoms with Crippen molar-refractivity contribution in [3.05, 3.63) is 0 Å². The summed E-state index contributed by atoms with van der Waals surface area (Å²) in [5.41, 5.74) is -0.440. The average Bonchev–Trinajstić information content (AvgIpc) is 2.48. The number of carbonyl (C=O) groups excluding carboxylic acids is 1. The molecule has 1 aliphatic heterocycles. The minimum Gasteiger partial charge on any atom is -0.444 e. The molecular weight excluding hydrogens is 431 g/mol. The molecule has 0 saturated carbocycles. The summed E-state index contributed by atoms with van der Waals surface area (Å²) in [7, 11) is 0. The number of ether oxygens (including phenoxy) is 1. The van der Waals surface area contributed by atoms with Crippen LogP contribution in [0.2, 0.25) is 0 Å². The lowest BCUT2D eigenvalue weighted by Gasteiger charge is -2.34. The molecule has 0 aromatic heterocycles. The number of piperidine rings is 1. The Morgan fingerprint density at radius 2 is 2.00 bits per heavy atom. The van der Waals surface area contributed by atoms with Gasteiger partial charge in [-0.2, -0.15) is 0 Å². The van der Waals surface area contributed by atoms with E-state index in [1.807, 2.05) is 25.7 Å². The van der Waals surface area contributed by atoms with Gasteiger partial charge < -0.3 is 20.3 Å². The van der Waals surface area contributed by atoms with E-state index in [0.717, 1.165) is 51.5 Å². The van der Waals surface area contributed by atoms with Gasteiger partial charge in [-0.25, -0.2) is 4.79 Å². The van der Waals surface area contributed by atoms with Crippen molar-refractivity contribution in [3.63, 3.8) is 0 Å². The highest BCUT2D eigenvalue weighted by Gasteiger charge is 2.27. The van der Waals surface area contributed by atoms with Crippen LogP contribution in [0, 0.1) is 11.8 Å². The summed E-state index contributed by atoms with van der Waals surface area (Å²) in [6.07, 6.45) is 1.94. The first kappa shape index (κ1) is 24.3. The predicted octanol–water partition coefficient (Wildman–Crippen LogP) is 3.46. The number of carbonyl (C=O) groups is 1. The molecule has 148 valence electrons. The molecule has 0 radical (unpaired) electrons. The van der Waals surface area contributed by atoms with Gasteiger partial charge in [0.25, 0.3) is 0 Å². The van der Waals surface area contributed by atoms with Gasteiger partial charge in [0, 0.05) is 32.7 Å². The number of hydrogen-bond donors (Lipinski definition) is 2. The fourth-order valence-electron chi connectivity index (χ4n) is 2.58. The highest BCUT2D eigenvalue weighted by atomic mass is 127. The van der Waals surface area contributed by atoms with Gasteiger partial charge in [-0.15, -0.1) is 24.0 Å². The second-order valence-corrected chi connectivity index (χ2v) is 7.93. The Morgan fingerprint density at radius 1 is 1.32 bits per heavy atom. The molecule has 1 aliphatic rings. The van der Waals surface area contributed by atoms with Crippen LogP contribution in [-0.2, 0) is 4.74 Å². The molecule has 1 saturated heterocycles. The molecule has 2 N–H and O–H groups in total. The molecule has 7 heteroatoms. The number of aliphatic imine (C=N–C) groups is 1. The molecule has 0 aromatic rings. The van der Waals surface area contributed by atoms with Crippen LogP contribution in [0.25, 0.3) is 0 Å². The summed E-state index contributed by atoms with van der Waals surface area (Å²) in [5.74, 6) is 1.83. The van der Waals surface area contributed by atoms with Crippen LogP contribution in [0.5, 0.6) is 0 Å². The third-order valence-electron chi connectivity index (χ3n) is 3.69. The minimum atomic E-state index is -0.440. The van der Waals surface area contributed by atoms with Crippen LogP contribution >= 0.6 is 24.0 Å². The van der Waals surface area contributed by atoms with Crippen molar-refractivity contribution in [3.8, 4) is 0 Å². The zero-order valence-electron chi connectivity index (χ0n) is 16.7. The molecule has 0 bridgehead atoms.